The number of hydrogen-bond donors (Lipinski definition) is 8. The Kier molecular flexibility index (Phi) is 8.75. The van der Waals surface area contributed by atoms with Crippen molar-refractivity contribution in [1.82, 2.24) is 0 Å². The van der Waals surface area contributed by atoms with Crippen molar-refractivity contribution in [2.75, 3.05) is 19.8 Å². The Morgan fingerprint density at radius 1 is 0.800 bits per heavy atom. The molecule has 0 aromatic carbocycles. The molecule has 0 aliphatic carbocycles. The van der Waals surface area contributed by atoms with Gasteiger partial charge in [-0.05, 0) is 0 Å². The van der Waals surface area contributed by atoms with E-state index in [2.05, 4.69) is 13.6 Å². The van der Waals surface area contributed by atoms with Gasteiger partial charge in [-0.1, -0.05) is 0 Å². The Labute approximate surface area is 168 Å². The zero-order valence-corrected chi connectivity index (χ0v) is 17.4. The molecule has 0 bridgehead atoms. The van der Waals surface area contributed by atoms with E-state index < -0.39 is 73.0 Å². The summed E-state index contributed by atoms with van der Waals surface area (Å²) >= 11 is 0. The minimum absolute atomic E-state index is 0.284. The van der Waals surface area contributed by atoms with Crippen LogP contribution in [0.3, 0.4) is 0 Å². The van der Waals surface area contributed by atoms with Crippen molar-refractivity contribution in [2.45, 2.75) is 42.9 Å². The molecule has 0 saturated carbocycles. The Morgan fingerprint density at radius 3 is 1.80 bits per heavy atom. The predicted molar refractivity (Wildman–Crippen MR) is 88.2 cm³/mol. The molecule has 2 aliphatic rings. The smallest absolute Gasteiger partial charge is 0.394 e. The molecule has 0 aromatic heterocycles. The van der Waals surface area contributed by atoms with Gasteiger partial charge < -0.3 is 53.8 Å². The summed E-state index contributed by atoms with van der Waals surface area (Å²) in [5, 5.41) is 19.8. The number of phosphoric acid groups is 3. The normalized spacial score (nSPS) is 36.2. The Morgan fingerprint density at radius 2 is 1.30 bits per heavy atom. The van der Waals surface area contributed by atoms with Gasteiger partial charge in [0, 0.05) is 0 Å². The molecule has 8 N–H and O–H groups in total. The molecule has 2 saturated heterocycles. The molecule has 20 heteroatoms. The van der Waals surface area contributed by atoms with Gasteiger partial charge in [-0.3, -0.25) is 13.6 Å². The number of hydrogen-bond acceptors (Lipinski definition) is 11. The monoisotopic (exact) mass is 506 g/mol. The Hall–Kier alpha value is 0.130. The fourth-order valence-corrected chi connectivity index (χ4v) is 4.49. The minimum Gasteiger partial charge on any atom is -0.394 e. The summed E-state index contributed by atoms with van der Waals surface area (Å²) in [6, 6.07) is 0. The molecular formula is C10H21O17P3. The van der Waals surface area contributed by atoms with Gasteiger partial charge in [0.05, 0.1) is 19.8 Å². The van der Waals surface area contributed by atoms with Gasteiger partial charge >= 0.3 is 23.5 Å². The minimum atomic E-state index is -5.35. The zero-order chi connectivity index (χ0) is 22.9. The molecule has 0 unspecified atom stereocenters. The van der Waals surface area contributed by atoms with Crippen molar-refractivity contribution in [1.29, 1.82) is 0 Å². The summed E-state index contributed by atoms with van der Waals surface area (Å²) < 4.78 is 62.1. The maximum atomic E-state index is 11.3. The largest absolute Gasteiger partial charge is 0.470 e. The Balaban J connectivity index is 2.24. The van der Waals surface area contributed by atoms with Crippen molar-refractivity contribution in [3.63, 3.8) is 0 Å². The molecule has 7 atom stereocenters. The number of ether oxygens (including phenoxy) is 3. The van der Waals surface area contributed by atoms with Crippen LogP contribution in [-0.2, 0) is 41.5 Å². The van der Waals surface area contributed by atoms with E-state index in [-0.39, 0.29) is 13.2 Å². The van der Waals surface area contributed by atoms with Crippen LogP contribution >= 0.6 is 23.5 Å². The standard InChI is InChI=1S/C10H21O17P3/c11-1-4-8(26-29(16,17)18)9(27-30(19,20)21)7(12)10(23-4)24-5-2-22-3-6(5)25-28(13,14)15/h4-12H,1-3H2,(H2,13,14,15)(H2,16,17,18)(H2,19,20,21)/t4-,5-,6+,7-,8-,9-,10-/m1/s1. The molecule has 2 aliphatic heterocycles. The molecule has 0 spiro atoms. The number of aliphatic hydroxyl groups excluding tert-OH is 2. The van der Waals surface area contributed by atoms with Crippen molar-refractivity contribution < 1.29 is 81.1 Å². The first-order valence-electron chi connectivity index (χ1n) is 7.99. The summed E-state index contributed by atoms with van der Waals surface area (Å²) in [5.41, 5.74) is 0. The van der Waals surface area contributed by atoms with E-state index in [9.17, 15) is 23.9 Å². The Bertz CT molecular complexity index is 713. The fraction of sp³-hybridized carbons (Fsp3) is 1.00. The summed E-state index contributed by atoms with van der Waals surface area (Å²) in [6.45, 7) is -1.61. The third-order valence-electron chi connectivity index (χ3n) is 3.87. The maximum absolute atomic E-state index is 11.3. The van der Waals surface area contributed by atoms with Crippen LogP contribution in [0.1, 0.15) is 0 Å². The second-order valence-electron chi connectivity index (χ2n) is 6.18. The second kappa shape index (κ2) is 9.95. The van der Waals surface area contributed by atoms with E-state index in [1.807, 2.05) is 0 Å². The van der Waals surface area contributed by atoms with E-state index in [1.54, 1.807) is 0 Å². The van der Waals surface area contributed by atoms with Gasteiger partial charge in [0.2, 0.25) is 0 Å². The lowest BCUT2D eigenvalue weighted by Crippen LogP contribution is -2.61. The van der Waals surface area contributed by atoms with E-state index in [1.165, 1.54) is 0 Å². The highest BCUT2D eigenvalue weighted by Crippen LogP contribution is 2.47. The fourth-order valence-electron chi connectivity index (χ4n) is 2.81. The van der Waals surface area contributed by atoms with E-state index in [0.29, 0.717) is 0 Å². The van der Waals surface area contributed by atoms with E-state index >= 15 is 0 Å². The van der Waals surface area contributed by atoms with Crippen LogP contribution in [0.2, 0.25) is 0 Å². The summed E-state index contributed by atoms with van der Waals surface area (Å²) in [6.07, 6.45) is -12.5. The van der Waals surface area contributed by atoms with Crippen LogP contribution in [0.15, 0.2) is 0 Å². The molecule has 2 fully saturated rings. The second-order valence-corrected chi connectivity index (χ2v) is 9.76. The van der Waals surface area contributed by atoms with Gasteiger partial charge in [-0.15, -0.1) is 0 Å². The first-order valence-corrected chi connectivity index (χ1v) is 12.6. The van der Waals surface area contributed by atoms with Crippen molar-refractivity contribution in [3.05, 3.63) is 0 Å². The highest BCUT2D eigenvalue weighted by Gasteiger charge is 2.53. The molecule has 2 heterocycles. The van der Waals surface area contributed by atoms with Gasteiger partial charge in [-0.25, -0.2) is 13.7 Å². The van der Waals surface area contributed by atoms with Crippen molar-refractivity contribution >= 4 is 23.5 Å². The van der Waals surface area contributed by atoms with E-state index in [4.69, 9.17) is 43.6 Å². The molecule has 30 heavy (non-hydrogen) atoms. The SMILES string of the molecule is O=P(O)(O)O[C@@H]1[C@@H](O)[C@@H](O[C@@H]2COC[C@@H]2OP(=O)(O)O)O[C@H](CO)[C@H]1OP(=O)(O)O. The number of rotatable bonds is 9. The predicted octanol–water partition coefficient (Wildman–Crippen LogP) is -3.09. The topological polar surface area (TPSA) is 268 Å². The van der Waals surface area contributed by atoms with Gasteiger partial charge in [0.25, 0.3) is 0 Å². The molecule has 17 nitrogen and oxygen atoms in total. The van der Waals surface area contributed by atoms with Crippen LogP contribution in [0.5, 0.6) is 0 Å². The molecule has 178 valence electrons. The van der Waals surface area contributed by atoms with Crippen molar-refractivity contribution in [3.8, 4) is 0 Å². The third-order valence-corrected chi connectivity index (χ3v) is 5.45. The quantitative estimate of drug-likeness (QED) is 0.144. The molecule has 2 rings (SSSR count). The third kappa shape index (κ3) is 7.92. The average Bonchev–Trinajstić information content (AvgIpc) is 2.96. The van der Waals surface area contributed by atoms with Crippen LogP contribution in [0.4, 0.5) is 0 Å². The van der Waals surface area contributed by atoms with Crippen LogP contribution in [-0.4, -0.2) is 102 Å². The number of phosphoric ester groups is 3. The average molecular weight is 506 g/mol. The lowest BCUT2D eigenvalue weighted by atomic mass is 9.99. The van der Waals surface area contributed by atoms with Crippen molar-refractivity contribution in [2.24, 2.45) is 0 Å². The highest BCUT2D eigenvalue weighted by molar-refractivity contribution is 7.46. The van der Waals surface area contributed by atoms with E-state index in [0.717, 1.165) is 0 Å². The number of aliphatic hydroxyl groups is 2. The molecule has 0 amide bonds. The first-order chi connectivity index (χ1) is 13.6. The maximum Gasteiger partial charge on any atom is 0.470 e. The lowest BCUT2D eigenvalue weighted by Gasteiger charge is -2.43. The molecule has 0 radical (unpaired) electrons. The molecular weight excluding hydrogens is 485 g/mol. The van der Waals surface area contributed by atoms with Gasteiger partial charge in [-0.2, -0.15) is 0 Å². The van der Waals surface area contributed by atoms with Gasteiger partial charge in [0.15, 0.2) is 6.29 Å². The first kappa shape index (κ1) is 26.4. The lowest BCUT2D eigenvalue weighted by molar-refractivity contribution is -0.309. The highest BCUT2D eigenvalue weighted by atomic mass is 31.2. The van der Waals surface area contributed by atoms with Gasteiger partial charge in [0.1, 0.15) is 36.6 Å². The summed E-state index contributed by atoms with van der Waals surface area (Å²) in [4.78, 5) is 54.0. The summed E-state index contributed by atoms with van der Waals surface area (Å²) in [7, 11) is -15.6. The van der Waals surface area contributed by atoms with Crippen LogP contribution in [0.25, 0.3) is 0 Å². The molecule has 0 aromatic rings. The summed E-state index contributed by atoms with van der Waals surface area (Å²) in [5.74, 6) is 0. The van der Waals surface area contributed by atoms with Crippen LogP contribution in [0, 0.1) is 0 Å². The zero-order valence-electron chi connectivity index (χ0n) is 14.8. The van der Waals surface area contributed by atoms with Crippen LogP contribution < -0.4 is 0 Å².